The Kier molecular flexibility index (Phi) is 2.44. The summed E-state index contributed by atoms with van der Waals surface area (Å²) in [6.07, 6.45) is 2.12. The number of thiophene rings is 1. The van der Waals surface area contributed by atoms with Crippen molar-refractivity contribution in [3.05, 3.63) is 34.2 Å². The average molecular weight is 233 g/mol. The third kappa shape index (κ3) is 1.53. The fourth-order valence-electron chi connectivity index (χ4n) is 2.22. The van der Waals surface area contributed by atoms with Crippen LogP contribution in [-0.2, 0) is 6.42 Å². The molecule has 0 aliphatic carbocycles. The quantitative estimate of drug-likeness (QED) is 0.864. The second-order valence-corrected chi connectivity index (χ2v) is 4.89. The molecule has 1 atom stereocenters. The third-order valence-corrected chi connectivity index (χ3v) is 3.80. The van der Waals surface area contributed by atoms with Crippen molar-refractivity contribution in [2.75, 3.05) is 11.9 Å². The predicted octanol–water partition coefficient (Wildman–Crippen LogP) is 2.91. The lowest BCUT2D eigenvalue weighted by Gasteiger charge is -2.25. The van der Waals surface area contributed by atoms with Crippen molar-refractivity contribution in [2.24, 2.45) is 0 Å². The van der Waals surface area contributed by atoms with Gasteiger partial charge in [0.05, 0.1) is 11.7 Å². The van der Waals surface area contributed by atoms with E-state index in [0.29, 0.717) is 6.04 Å². The number of aromatic nitrogens is 2. The lowest BCUT2D eigenvalue weighted by atomic mass is 10.1. The van der Waals surface area contributed by atoms with Gasteiger partial charge in [0.2, 0.25) is 0 Å². The molecule has 84 valence electrons. The Morgan fingerprint density at radius 3 is 3.31 bits per heavy atom. The van der Waals surface area contributed by atoms with Gasteiger partial charge >= 0.3 is 0 Å². The Balaban J connectivity index is 2.02. The van der Waals surface area contributed by atoms with Crippen molar-refractivity contribution in [1.29, 1.82) is 0 Å². The first-order valence-corrected chi connectivity index (χ1v) is 6.67. The largest absolute Gasteiger partial charge is 0.370 e. The van der Waals surface area contributed by atoms with Crippen molar-refractivity contribution in [3.8, 4) is 0 Å². The highest BCUT2D eigenvalue weighted by atomic mass is 32.1. The van der Waals surface area contributed by atoms with E-state index in [-0.39, 0.29) is 0 Å². The summed E-state index contributed by atoms with van der Waals surface area (Å²) in [7, 11) is 0. The molecule has 0 saturated heterocycles. The van der Waals surface area contributed by atoms with Crippen molar-refractivity contribution in [3.63, 3.8) is 0 Å². The molecule has 2 aromatic heterocycles. The number of hydrogen-bond donors (Lipinski definition) is 1. The summed E-state index contributed by atoms with van der Waals surface area (Å²) in [5.41, 5.74) is 2.56. The molecular weight excluding hydrogens is 218 g/mol. The maximum atomic E-state index is 4.67. The van der Waals surface area contributed by atoms with E-state index in [4.69, 9.17) is 0 Å². The van der Waals surface area contributed by atoms with Crippen LogP contribution in [0.25, 0.3) is 0 Å². The molecule has 0 amide bonds. The van der Waals surface area contributed by atoms with E-state index in [1.54, 1.807) is 11.3 Å². The van der Waals surface area contributed by atoms with Gasteiger partial charge in [-0.15, -0.1) is 0 Å². The summed E-state index contributed by atoms with van der Waals surface area (Å²) in [6, 6.07) is 4.79. The Labute approximate surface area is 99.1 Å². The van der Waals surface area contributed by atoms with Crippen LogP contribution in [0.1, 0.15) is 30.6 Å². The topological polar surface area (TPSA) is 29.9 Å². The molecule has 16 heavy (non-hydrogen) atoms. The number of hydrogen-bond acceptors (Lipinski definition) is 3. The van der Waals surface area contributed by atoms with Gasteiger partial charge in [-0.3, -0.25) is 0 Å². The first-order valence-electron chi connectivity index (χ1n) is 5.73. The van der Waals surface area contributed by atoms with E-state index in [1.165, 1.54) is 17.1 Å². The van der Waals surface area contributed by atoms with Crippen molar-refractivity contribution in [2.45, 2.75) is 25.8 Å². The first kappa shape index (κ1) is 9.90. The van der Waals surface area contributed by atoms with Crippen LogP contribution < -0.4 is 5.32 Å². The van der Waals surface area contributed by atoms with Gasteiger partial charge in [-0.2, -0.15) is 16.4 Å². The maximum Gasteiger partial charge on any atom is 0.125 e. The lowest BCUT2D eigenvalue weighted by Crippen LogP contribution is -2.23. The molecule has 3 heterocycles. The van der Waals surface area contributed by atoms with Gasteiger partial charge in [-0.05, 0) is 35.2 Å². The molecular formula is C12H15N3S. The molecule has 0 spiro atoms. The van der Waals surface area contributed by atoms with Gasteiger partial charge in [-0.25, -0.2) is 4.68 Å². The Hall–Kier alpha value is -1.29. The van der Waals surface area contributed by atoms with Crippen LogP contribution in [0.3, 0.4) is 0 Å². The number of aryl methyl sites for hydroxylation is 1. The predicted molar refractivity (Wildman–Crippen MR) is 67.2 cm³/mol. The maximum absolute atomic E-state index is 4.67. The molecule has 0 bridgehead atoms. The minimum atomic E-state index is 0.419. The number of fused-ring (bicyclic) bond motifs is 1. The Morgan fingerprint density at radius 1 is 1.62 bits per heavy atom. The molecule has 3 rings (SSSR count). The summed E-state index contributed by atoms with van der Waals surface area (Å²) >= 11 is 1.76. The van der Waals surface area contributed by atoms with Crippen LogP contribution >= 0.6 is 11.3 Å². The monoisotopic (exact) mass is 233 g/mol. The molecule has 1 aliphatic rings. The molecule has 0 saturated carbocycles. The molecule has 2 aromatic rings. The zero-order valence-corrected chi connectivity index (χ0v) is 10.1. The van der Waals surface area contributed by atoms with Crippen molar-refractivity contribution in [1.82, 2.24) is 9.78 Å². The second-order valence-electron chi connectivity index (χ2n) is 4.11. The zero-order chi connectivity index (χ0) is 11.0. The van der Waals surface area contributed by atoms with Gasteiger partial charge in [0, 0.05) is 12.6 Å². The fourth-order valence-corrected chi connectivity index (χ4v) is 2.93. The van der Waals surface area contributed by atoms with Gasteiger partial charge in [-0.1, -0.05) is 6.92 Å². The molecule has 4 heteroatoms. The van der Waals surface area contributed by atoms with E-state index in [0.717, 1.165) is 19.4 Å². The highest BCUT2D eigenvalue weighted by Crippen LogP contribution is 2.30. The smallest absolute Gasteiger partial charge is 0.125 e. The van der Waals surface area contributed by atoms with Gasteiger partial charge in [0.1, 0.15) is 5.82 Å². The number of rotatable bonds is 2. The van der Waals surface area contributed by atoms with Crippen LogP contribution in [0.5, 0.6) is 0 Å². The molecule has 1 aliphatic heterocycles. The number of nitrogens with one attached hydrogen (secondary N) is 1. The highest BCUT2D eigenvalue weighted by molar-refractivity contribution is 7.07. The molecule has 1 unspecified atom stereocenters. The van der Waals surface area contributed by atoms with Gasteiger partial charge in [0.25, 0.3) is 0 Å². The minimum Gasteiger partial charge on any atom is -0.370 e. The summed E-state index contributed by atoms with van der Waals surface area (Å²) in [6.45, 7) is 3.18. The molecule has 0 fully saturated rings. The van der Waals surface area contributed by atoms with Gasteiger partial charge in [0.15, 0.2) is 0 Å². The average Bonchev–Trinajstić information content (AvgIpc) is 2.97. The third-order valence-electron chi connectivity index (χ3n) is 3.10. The first-order chi connectivity index (χ1) is 7.88. The van der Waals surface area contributed by atoms with Gasteiger partial charge < -0.3 is 5.32 Å². The van der Waals surface area contributed by atoms with Crippen LogP contribution in [0.4, 0.5) is 5.82 Å². The second kappa shape index (κ2) is 3.94. The van der Waals surface area contributed by atoms with E-state index >= 15 is 0 Å². The highest BCUT2D eigenvalue weighted by Gasteiger charge is 2.22. The Morgan fingerprint density at radius 2 is 2.56 bits per heavy atom. The Bertz CT molecular complexity index is 472. The number of nitrogens with zero attached hydrogens (tertiary/aromatic N) is 2. The minimum absolute atomic E-state index is 0.419. The van der Waals surface area contributed by atoms with Crippen LogP contribution in [-0.4, -0.2) is 16.3 Å². The summed E-state index contributed by atoms with van der Waals surface area (Å²) < 4.78 is 2.14. The van der Waals surface area contributed by atoms with E-state index in [2.05, 4.69) is 44.9 Å². The zero-order valence-electron chi connectivity index (χ0n) is 9.31. The molecule has 3 nitrogen and oxygen atoms in total. The summed E-state index contributed by atoms with van der Waals surface area (Å²) in [4.78, 5) is 0. The lowest BCUT2D eigenvalue weighted by molar-refractivity contribution is 0.479. The number of anilines is 1. The van der Waals surface area contributed by atoms with Crippen LogP contribution in [0, 0.1) is 0 Å². The normalized spacial score (nSPS) is 19.2. The standard InChI is InChI=1S/C12H15N3S/c1-2-10-7-12-13-5-3-11(15(12)14-10)9-4-6-16-8-9/h4,6-8,11,13H,2-3,5H2,1H3. The molecule has 1 N–H and O–H groups in total. The van der Waals surface area contributed by atoms with Crippen LogP contribution in [0.2, 0.25) is 0 Å². The van der Waals surface area contributed by atoms with Crippen molar-refractivity contribution >= 4 is 17.2 Å². The van der Waals surface area contributed by atoms with E-state index in [9.17, 15) is 0 Å². The molecule has 0 radical (unpaired) electrons. The van der Waals surface area contributed by atoms with Crippen molar-refractivity contribution < 1.29 is 0 Å². The summed E-state index contributed by atoms with van der Waals surface area (Å²) in [5.74, 6) is 1.17. The SMILES string of the molecule is CCc1cc2n(n1)C(c1ccsc1)CCN2. The summed E-state index contributed by atoms with van der Waals surface area (Å²) in [5, 5.41) is 12.4. The van der Waals surface area contributed by atoms with Crippen LogP contribution in [0.15, 0.2) is 22.9 Å². The molecule has 0 aromatic carbocycles. The van der Waals surface area contributed by atoms with E-state index < -0.39 is 0 Å². The fraction of sp³-hybridized carbons (Fsp3) is 0.417. The van der Waals surface area contributed by atoms with E-state index in [1.807, 2.05) is 0 Å².